The number of nitrogens with zero attached hydrogens (tertiary/aromatic N) is 5. The fraction of sp³-hybridized carbons (Fsp3) is 0.333. The second kappa shape index (κ2) is 10.5. The number of likely N-dealkylation sites (tertiary alicyclic amines) is 1. The molecule has 0 atom stereocenters. The topological polar surface area (TPSA) is 121 Å². The van der Waals surface area contributed by atoms with E-state index in [0.29, 0.717) is 59.4 Å². The monoisotopic (exact) mass is 468 g/mol. The van der Waals surface area contributed by atoms with Crippen LogP contribution in [0.2, 0.25) is 0 Å². The normalized spacial score (nSPS) is 17.6. The van der Waals surface area contributed by atoms with Crippen molar-refractivity contribution in [1.29, 1.82) is 10.5 Å². The van der Waals surface area contributed by atoms with Gasteiger partial charge in [0.25, 0.3) is 0 Å². The number of hydrogen-bond acceptors (Lipinski definition) is 8. The molecule has 2 aliphatic rings. The summed E-state index contributed by atoms with van der Waals surface area (Å²) >= 11 is 0. The number of nitriles is 2. The fourth-order valence-electron chi connectivity index (χ4n) is 4.14. The van der Waals surface area contributed by atoms with E-state index in [2.05, 4.69) is 33.7 Å². The zero-order chi connectivity index (χ0) is 24.8. The zero-order valence-electron chi connectivity index (χ0n) is 19.8. The molecule has 0 amide bonds. The second-order valence-electron chi connectivity index (χ2n) is 8.96. The van der Waals surface area contributed by atoms with Crippen LogP contribution < -0.4 is 10.5 Å². The third kappa shape index (κ3) is 5.58. The first-order valence-corrected chi connectivity index (χ1v) is 11.5. The van der Waals surface area contributed by atoms with Crippen molar-refractivity contribution in [1.82, 2.24) is 9.88 Å². The Morgan fingerprint density at radius 1 is 1.29 bits per heavy atom. The van der Waals surface area contributed by atoms with Crippen molar-refractivity contribution < 1.29 is 9.47 Å². The lowest BCUT2D eigenvalue weighted by molar-refractivity contribution is -0.0529. The lowest BCUT2D eigenvalue weighted by Crippen LogP contribution is -2.58. The standard InChI is InChI=1S/C27H28N6O2/c1-19(14-28)24(12-26(31-2)33-9-3-4-10-33)35-25-11-20(15-29)5-7-22(25)23-8-6-21(16-32-23)13-27(30)17-34-18-27/h5-8,11-12,16H,2-4,9-10,13,17-18,30H2,1H3/b24-19-,26-12+. The van der Waals surface area contributed by atoms with E-state index in [1.807, 2.05) is 12.1 Å². The predicted molar refractivity (Wildman–Crippen MR) is 133 cm³/mol. The lowest BCUT2D eigenvalue weighted by atomic mass is 9.91. The molecular formula is C27H28N6O2. The van der Waals surface area contributed by atoms with E-state index in [4.69, 9.17) is 15.2 Å². The van der Waals surface area contributed by atoms with Gasteiger partial charge in [0.05, 0.1) is 47.7 Å². The molecule has 8 heteroatoms. The Bertz CT molecular complexity index is 1240. The molecule has 0 radical (unpaired) electrons. The van der Waals surface area contributed by atoms with Crippen molar-refractivity contribution in [2.75, 3.05) is 26.3 Å². The van der Waals surface area contributed by atoms with Crippen LogP contribution in [0.5, 0.6) is 5.75 Å². The Morgan fingerprint density at radius 3 is 2.63 bits per heavy atom. The Morgan fingerprint density at radius 2 is 2.06 bits per heavy atom. The van der Waals surface area contributed by atoms with Gasteiger partial charge in [-0.05, 0) is 62.7 Å². The molecule has 4 rings (SSSR count). The summed E-state index contributed by atoms with van der Waals surface area (Å²) < 4.78 is 11.5. The third-order valence-electron chi connectivity index (χ3n) is 6.16. The molecule has 8 nitrogen and oxygen atoms in total. The van der Waals surface area contributed by atoms with Crippen LogP contribution in [0, 0.1) is 22.7 Å². The molecule has 178 valence electrons. The van der Waals surface area contributed by atoms with Gasteiger partial charge < -0.3 is 20.1 Å². The molecule has 0 spiro atoms. The molecule has 0 saturated carbocycles. The van der Waals surface area contributed by atoms with Crippen LogP contribution in [0.25, 0.3) is 11.3 Å². The zero-order valence-corrected chi connectivity index (χ0v) is 19.8. The molecule has 2 aromatic rings. The van der Waals surface area contributed by atoms with Crippen LogP contribution in [-0.2, 0) is 11.2 Å². The van der Waals surface area contributed by atoms with Gasteiger partial charge in [-0.25, -0.2) is 4.99 Å². The first kappa shape index (κ1) is 24.2. The Hall–Kier alpha value is -3.98. The van der Waals surface area contributed by atoms with Gasteiger partial charge in [0.1, 0.15) is 17.3 Å². The SMILES string of the molecule is C=N/C(=C\C(Oc1cc(C#N)ccc1-c1ccc(CC2(N)COC2)cn1)=C(/C)C#N)N1CCCC1. The molecule has 1 aromatic heterocycles. The predicted octanol–water partition coefficient (Wildman–Crippen LogP) is 3.70. The van der Waals surface area contributed by atoms with E-state index in [9.17, 15) is 10.5 Å². The minimum absolute atomic E-state index is 0.334. The first-order valence-electron chi connectivity index (χ1n) is 11.5. The summed E-state index contributed by atoms with van der Waals surface area (Å²) in [7, 11) is 0. The van der Waals surface area contributed by atoms with Crippen molar-refractivity contribution in [3.05, 3.63) is 70.9 Å². The van der Waals surface area contributed by atoms with Crippen LogP contribution in [-0.4, -0.2) is 48.4 Å². The molecule has 2 fully saturated rings. The summed E-state index contributed by atoms with van der Waals surface area (Å²) in [5.74, 6) is 1.44. The Labute approximate surface area is 205 Å². The van der Waals surface area contributed by atoms with Gasteiger partial charge in [0.2, 0.25) is 0 Å². The van der Waals surface area contributed by atoms with E-state index < -0.39 is 0 Å². The molecule has 2 saturated heterocycles. The number of nitrogens with two attached hydrogens (primary N) is 1. The maximum Gasteiger partial charge on any atom is 0.144 e. The fourth-order valence-corrected chi connectivity index (χ4v) is 4.14. The average Bonchev–Trinajstić information content (AvgIpc) is 3.40. The summed E-state index contributed by atoms with van der Waals surface area (Å²) in [6.07, 6.45) is 6.38. The van der Waals surface area contributed by atoms with Crippen molar-refractivity contribution in [2.45, 2.75) is 31.7 Å². The van der Waals surface area contributed by atoms with E-state index in [0.717, 1.165) is 31.5 Å². The number of pyridine rings is 1. The second-order valence-corrected chi connectivity index (χ2v) is 8.96. The van der Waals surface area contributed by atoms with Crippen LogP contribution in [0.4, 0.5) is 0 Å². The van der Waals surface area contributed by atoms with Gasteiger partial charge in [-0.15, -0.1) is 0 Å². The van der Waals surface area contributed by atoms with E-state index in [1.165, 1.54) is 0 Å². The highest BCUT2D eigenvalue weighted by atomic mass is 16.5. The van der Waals surface area contributed by atoms with Gasteiger partial charge in [0.15, 0.2) is 0 Å². The van der Waals surface area contributed by atoms with Crippen molar-refractivity contribution in [2.24, 2.45) is 10.7 Å². The summed E-state index contributed by atoms with van der Waals surface area (Å²) in [5, 5.41) is 19.1. The van der Waals surface area contributed by atoms with Crippen LogP contribution in [0.15, 0.2) is 64.8 Å². The van der Waals surface area contributed by atoms with E-state index in [1.54, 1.807) is 37.4 Å². The minimum atomic E-state index is -0.334. The van der Waals surface area contributed by atoms with Gasteiger partial charge >= 0.3 is 0 Å². The van der Waals surface area contributed by atoms with Crippen LogP contribution >= 0.6 is 0 Å². The Balaban J connectivity index is 1.67. The average molecular weight is 469 g/mol. The summed E-state index contributed by atoms with van der Waals surface area (Å²) in [4.78, 5) is 10.9. The molecular weight excluding hydrogens is 440 g/mol. The van der Waals surface area contributed by atoms with Gasteiger partial charge in [0, 0.05) is 30.9 Å². The van der Waals surface area contributed by atoms with Crippen LogP contribution in [0.1, 0.15) is 30.9 Å². The maximum atomic E-state index is 9.61. The van der Waals surface area contributed by atoms with Crippen molar-refractivity contribution >= 4 is 6.72 Å². The van der Waals surface area contributed by atoms with Gasteiger partial charge in [-0.1, -0.05) is 6.07 Å². The highest BCUT2D eigenvalue weighted by Crippen LogP contribution is 2.33. The number of allylic oxidation sites excluding steroid dienone is 2. The van der Waals surface area contributed by atoms with Gasteiger partial charge in [-0.2, -0.15) is 10.5 Å². The van der Waals surface area contributed by atoms with Crippen molar-refractivity contribution in [3.63, 3.8) is 0 Å². The number of hydrogen-bond donors (Lipinski definition) is 1. The highest BCUT2D eigenvalue weighted by Gasteiger charge is 2.34. The third-order valence-corrected chi connectivity index (χ3v) is 6.16. The molecule has 35 heavy (non-hydrogen) atoms. The Kier molecular flexibility index (Phi) is 7.26. The number of aliphatic imine (C=N–C) groups is 1. The maximum absolute atomic E-state index is 9.61. The van der Waals surface area contributed by atoms with E-state index >= 15 is 0 Å². The van der Waals surface area contributed by atoms with Crippen LogP contribution in [0.3, 0.4) is 0 Å². The molecule has 2 aliphatic heterocycles. The molecule has 0 aliphatic carbocycles. The smallest absolute Gasteiger partial charge is 0.144 e. The molecule has 3 heterocycles. The summed E-state index contributed by atoms with van der Waals surface area (Å²) in [6.45, 7) is 8.23. The number of aromatic nitrogens is 1. The number of benzene rings is 1. The number of ether oxygens (including phenoxy) is 2. The molecule has 0 unspecified atom stereocenters. The molecule has 2 N–H and O–H groups in total. The summed E-state index contributed by atoms with van der Waals surface area (Å²) in [6, 6.07) is 13.4. The molecule has 0 bridgehead atoms. The van der Waals surface area contributed by atoms with Gasteiger partial charge in [-0.3, -0.25) is 4.98 Å². The quantitative estimate of drug-likeness (QED) is 0.271. The van der Waals surface area contributed by atoms with Crippen molar-refractivity contribution in [3.8, 4) is 29.1 Å². The lowest BCUT2D eigenvalue weighted by Gasteiger charge is -2.37. The molecule has 1 aromatic carbocycles. The minimum Gasteiger partial charge on any atom is -0.455 e. The first-order chi connectivity index (χ1) is 16.9. The van der Waals surface area contributed by atoms with E-state index in [-0.39, 0.29) is 5.54 Å². The highest BCUT2D eigenvalue weighted by molar-refractivity contribution is 5.69. The largest absolute Gasteiger partial charge is 0.455 e. The summed E-state index contributed by atoms with van der Waals surface area (Å²) in [5.41, 5.74) is 9.18. The number of rotatable bonds is 8.